The molecule has 3 aromatic rings. The number of hydrogen-bond acceptors (Lipinski definition) is 5. The first-order valence-corrected chi connectivity index (χ1v) is 13.8. The molecule has 3 rings (SSSR count). The van der Waals surface area contributed by atoms with Crippen LogP contribution >= 0.6 is 0 Å². The van der Waals surface area contributed by atoms with Crippen LogP contribution in [0.2, 0.25) is 0 Å². The summed E-state index contributed by atoms with van der Waals surface area (Å²) in [6.07, 6.45) is 1.90. The summed E-state index contributed by atoms with van der Waals surface area (Å²) in [7, 11) is -1.94. The van der Waals surface area contributed by atoms with Crippen LogP contribution in [0.1, 0.15) is 53.4 Å². The number of benzene rings is 3. The third-order valence-electron chi connectivity index (χ3n) is 5.91. The molecule has 0 saturated carbocycles. The number of rotatable bonds is 11. The molecule has 0 bridgehead atoms. The summed E-state index contributed by atoms with van der Waals surface area (Å²) in [5, 5.41) is 3.09. The number of hydrogen-bond donors (Lipinski definition) is 1. The largest absolute Gasteiger partial charge is 0.496 e. The monoisotopic (exact) mass is 510 g/mol. The Morgan fingerprint density at radius 2 is 1.69 bits per heavy atom. The second kappa shape index (κ2) is 11.9. The number of ether oxygens (including phenoxy) is 2. The fourth-order valence-electron chi connectivity index (χ4n) is 4.03. The predicted octanol–water partition coefficient (Wildman–Crippen LogP) is 5.25. The zero-order chi connectivity index (χ0) is 26.3. The van der Waals surface area contributed by atoms with Crippen molar-refractivity contribution in [3.63, 3.8) is 0 Å². The number of methoxy groups -OCH3 is 1. The van der Waals surface area contributed by atoms with Gasteiger partial charge < -0.3 is 14.8 Å². The molecular formula is C28H34N2O5S. The second-order valence-corrected chi connectivity index (χ2v) is 10.4. The molecule has 0 aliphatic carbocycles. The third-order valence-corrected chi connectivity index (χ3v) is 7.04. The molecule has 0 radical (unpaired) electrons. The lowest BCUT2D eigenvalue weighted by molar-refractivity contribution is 0.0935. The molecular weight excluding hydrogens is 476 g/mol. The summed E-state index contributed by atoms with van der Waals surface area (Å²) in [6, 6.07) is 19.8. The van der Waals surface area contributed by atoms with Crippen molar-refractivity contribution in [1.82, 2.24) is 5.32 Å². The Hall–Kier alpha value is -3.52. The Morgan fingerprint density at radius 1 is 1.00 bits per heavy atom. The molecule has 1 atom stereocenters. The van der Waals surface area contributed by atoms with E-state index < -0.39 is 10.0 Å². The van der Waals surface area contributed by atoms with Gasteiger partial charge in [0.15, 0.2) is 0 Å². The zero-order valence-corrected chi connectivity index (χ0v) is 22.3. The molecule has 0 heterocycles. The van der Waals surface area contributed by atoms with Crippen LogP contribution in [-0.4, -0.2) is 34.3 Å². The highest BCUT2D eigenvalue weighted by Crippen LogP contribution is 2.31. The minimum atomic E-state index is -3.58. The number of amides is 1. The maximum Gasteiger partial charge on any atom is 0.251 e. The first-order chi connectivity index (χ1) is 17.2. The number of carbonyl (C=O) groups excluding carboxylic acids is 1. The lowest BCUT2D eigenvalue weighted by Crippen LogP contribution is -2.30. The van der Waals surface area contributed by atoms with E-state index in [9.17, 15) is 13.2 Å². The standard InChI is InChI=1S/C28H34N2O5S/c1-6-24(23-16-17-26(34-4)20(3)18-23)29-28(31)22-14-12-21(13-15-22)19-30(36(5,32)33)25-10-8-9-11-27(25)35-7-2/h8-18,24H,6-7,19H2,1-5H3,(H,29,31)/t24-/m1/s1. The van der Waals surface area contributed by atoms with Crippen molar-refractivity contribution in [3.05, 3.63) is 89.0 Å². The van der Waals surface area contributed by atoms with E-state index in [4.69, 9.17) is 9.47 Å². The Bertz CT molecular complexity index is 1290. The first kappa shape index (κ1) is 27.1. The topological polar surface area (TPSA) is 84.9 Å². The molecule has 8 heteroatoms. The molecule has 0 fully saturated rings. The van der Waals surface area contributed by atoms with E-state index in [1.165, 1.54) is 10.6 Å². The molecule has 192 valence electrons. The van der Waals surface area contributed by atoms with E-state index in [1.54, 1.807) is 55.6 Å². The minimum absolute atomic E-state index is 0.119. The van der Waals surface area contributed by atoms with Gasteiger partial charge in [0.25, 0.3) is 5.91 Å². The van der Waals surface area contributed by atoms with Crippen molar-refractivity contribution in [2.75, 3.05) is 24.3 Å². The number of para-hydroxylation sites is 2. The highest BCUT2D eigenvalue weighted by molar-refractivity contribution is 7.92. The number of anilines is 1. The number of nitrogens with zero attached hydrogens (tertiary/aromatic N) is 1. The van der Waals surface area contributed by atoms with Gasteiger partial charge in [-0.15, -0.1) is 0 Å². The highest BCUT2D eigenvalue weighted by Gasteiger charge is 2.22. The zero-order valence-electron chi connectivity index (χ0n) is 21.4. The maximum absolute atomic E-state index is 13.0. The van der Waals surface area contributed by atoms with Gasteiger partial charge in [0, 0.05) is 5.56 Å². The van der Waals surface area contributed by atoms with Crippen molar-refractivity contribution < 1.29 is 22.7 Å². The van der Waals surface area contributed by atoms with Crippen molar-refractivity contribution in [3.8, 4) is 11.5 Å². The lowest BCUT2D eigenvalue weighted by Gasteiger charge is -2.25. The Kier molecular flexibility index (Phi) is 8.98. The number of carbonyl (C=O) groups is 1. The van der Waals surface area contributed by atoms with E-state index in [1.807, 2.05) is 39.0 Å². The summed E-state index contributed by atoms with van der Waals surface area (Å²) in [6.45, 7) is 6.39. The molecule has 1 N–H and O–H groups in total. The molecule has 1 amide bonds. The molecule has 0 spiro atoms. The number of nitrogens with one attached hydrogen (secondary N) is 1. The van der Waals surface area contributed by atoms with Gasteiger partial charge in [-0.3, -0.25) is 9.10 Å². The van der Waals surface area contributed by atoms with Crippen LogP contribution in [0.15, 0.2) is 66.7 Å². The molecule has 0 aromatic heterocycles. The predicted molar refractivity (Wildman–Crippen MR) is 143 cm³/mol. The van der Waals surface area contributed by atoms with Gasteiger partial charge in [0.2, 0.25) is 10.0 Å². The van der Waals surface area contributed by atoms with Crippen LogP contribution in [-0.2, 0) is 16.6 Å². The first-order valence-electron chi connectivity index (χ1n) is 11.9. The molecule has 0 saturated heterocycles. The SMILES string of the molecule is CCOc1ccccc1N(Cc1ccc(C(=O)N[C@H](CC)c2ccc(OC)c(C)c2)cc1)S(C)(=O)=O. The number of sulfonamides is 1. The minimum Gasteiger partial charge on any atom is -0.496 e. The van der Waals surface area contributed by atoms with Crippen molar-refractivity contribution >= 4 is 21.6 Å². The van der Waals surface area contributed by atoms with Crippen molar-refractivity contribution in [2.24, 2.45) is 0 Å². The van der Waals surface area contributed by atoms with Gasteiger partial charge in [0.05, 0.1) is 38.2 Å². The van der Waals surface area contributed by atoms with Gasteiger partial charge >= 0.3 is 0 Å². The van der Waals surface area contributed by atoms with Gasteiger partial charge in [-0.25, -0.2) is 8.42 Å². The average molecular weight is 511 g/mol. The Balaban J connectivity index is 1.77. The average Bonchev–Trinajstić information content (AvgIpc) is 2.86. The van der Waals surface area contributed by atoms with Gasteiger partial charge in [-0.1, -0.05) is 43.3 Å². The number of aryl methyl sites for hydroxylation is 1. The van der Waals surface area contributed by atoms with Crippen LogP contribution in [0.5, 0.6) is 11.5 Å². The van der Waals surface area contributed by atoms with Crippen LogP contribution in [0.4, 0.5) is 5.69 Å². The van der Waals surface area contributed by atoms with Gasteiger partial charge in [-0.2, -0.15) is 0 Å². The van der Waals surface area contributed by atoms with Crippen LogP contribution in [0, 0.1) is 6.92 Å². The molecule has 3 aromatic carbocycles. The van der Waals surface area contributed by atoms with Crippen molar-refractivity contribution in [1.29, 1.82) is 0 Å². The normalized spacial score (nSPS) is 12.0. The van der Waals surface area contributed by atoms with Crippen molar-refractivity contribution in [2.45, 2.75) is 39.8 Å². The molecule has 0 unspecified atom stereocenters. The Morgan fingerprint density at radius 3 is 2.28 bits per heavy atom. The molecule has 7 nitrogen and oxygen atoms in total. The maximum atomic E-state index is 13.0. The summed E-state index contributed by atoms with van der Waals surface area (Å²) >= 11 is 0. The lowest BCUT2D eigenvalue weighted by atomic mass is 10.0. The third kappa shape index (κ3) is 6.57. The van der Waals surface area contributed by atoms with Crippen LogP contribution < -0.4 is 19.1 Å². The quantitative estimate of drug-likeness (QED) is 0.381. The van der Waals surface area contributed by atoms with Crippen LogP contribution in [0.25, 0.3) is 0 Å². The van der Waals surface area contributed by atoms with E-state index in [0.717, 1.165) is 28.9 Å². The van der Waals surface area contributed by atoms with E-state index in [2.05, 4.69) is 5.32 Å². The highest BCUT2D eigenvalue weighted by atomic mass is 32.2. The van der Waals surface area contributed by atoms with Gasteiger partial charge in [0.1, 0.15) is 11.5 Å². The van der Waals surface area contributed by atoms with E-state index in [-0.39, 0.29) is 18.5 Å². The Labute approximate surface area is 214 Å². The molecule has 36 heavy (non-hydrogen) atoms. The smallest absolute Gasteiger partial charge is 0.251 e. The summed E-state index contributed by atoms with van der Waals surface area (Å²) < 4.78 is 37.5. The summed E-state index contributed by atoms with van der Waals surface area (Å²) in [5.41, 5.74) is 3.75. The molecule has 0 aliphatic heterocycles. The summed E-state index contributed by atoms with van der Waals surface area (Å²) in [4.78, 5) is 13.0. The van der Waals surface area contributed by atoms with E-state index >= 15 is 0 Å². The van der Waals surface area contributed by atoms with E-state index in [0.29, 0.717) is 23.6 Å². The second-order valence-electron chi connectivity index (χ2n) is 8.53. The van der Waals surface area contributed by atoms with Gasteiger partial charge in [-0.05, 0) is 67.3 Å². The fourth-order valence-corrected chi connectivity index (χ4v) is 4.92. The van der Waals surface area contributed by atoms with Crippen LogP contribution in [0.3, 0.4) is 0 Å². The fraction of sp³-hybridized carbons (Fsp3) is 0.321. The molecule has 0 aliphatic rings. The summed E-state index contributed by atoms with van der Waals surface area (Å²) in [5.74, 6) is 1.12.